The Morgan fingerprint density at radius 2 is 1.74 bits per heavy atom. The summed E-state index contributed by atoms with van der Waals surface area (Å²) < 4.78 is 0. The van der Waals surface area contributed by atoms with Crippen molar-refractivity contribution in [3.8, 4) is 0 Å². The number of aromatic nitrogens is 1. The zero-order valence-electron chi connectivity index (χ0n) is 10.2. The maximum atomic E-state index is 12.6. The molecule has 0 unspecified atom stereocenters. The molecule has 1 heterocycles. The van der Waals surface area contributed by atoms with Gasteiger partial charge in [-0.1, -0.05) is 41.2 Å². The molecule has 1 aromatic carbocycles. The number of hydrogen-bond acceptors (Lipinski definition) is 1. The Kier molecular flexibility index (Phi) is 3.50. The SMILES string of the molecule is O=c1c2c([nH]c3c(Cl)cc(Cl)c(Cl)c13)CCCCC2. The molecule has 0 radical (unpaired) electrons. The van der Waals surface area contributed by atoms with E-state index in [0.717, 1.165) is 43.4 Å². The van der Waals surface area contributed by atoms with Crippen molar-refractivity contribution in [1.29, 1.82) is 0 Å². The Morgan fingerprint density at radius 3 is 2.53 bits per heavy atom. The minimum Gasteiger partial charge on any atom is -0.357 e. The molecule has 2 aromatic rings. The predicted octanol–water partition coefficient (Wildman–Crippen LogP) is 4.76. The van der Waals surface area contributed by atoms with Gasteiger partial charge in [-0.05, 0) is 31.7 Å². The molecule has 0 spiro atoms. The predicted molar refractivity (Wildman–Crippen MR) is 80.9 cm³/mol. The van der Waals surface area contributed by atoms with Gasteiger partial charge in [-0.3, -0.25) is 4.79 Å². The van der Waals surface area contributed by atoms with Gasteiger partial charge in [-0.25, -0.2) is 0 Å². The molecule has 0 saturated heterocycles. The van der Waals surface area contributed by atoms with Crippen molar-refractivity contribution in [3.63, 3.8) is 0 Å². The summed E-state index contributed by atoms with van der Waals surface area (Å²) in [7, 11) is 0. The molecule has 0 amide bonds. The number of aryl methyl sites for hydroxylation is 1. The molecule has 0 fully saturated rings. The molecule has 3 rings (SSSR count). The Morgan fingerprint density at radius 1 is 1.00 bits per heavy atom. The van der Waals surface area contributed by atoms with E-state index in [9.17, 15) is 4.79 Å². The van der Waals surface area contributed by atoms with Gasteiger partial charge in [0, 0.05) is 11.3 Å². The average Bonchev–Trinajstić information content (AvgIpc) is 2.61. The number of hydrogen-bond donors (Lipinski definition) is 1. The minimum absolute atomic E-state index is 0.0277. The molecule has 5 heteroatoms. The van der Waals surface area contributed by atoms with E-state index in [2.05, 4.69) is 4.98 Å². The second-order valence-electron chi connectivity index (χ2n) is 4.88. The lowest BCUT2D eigenvalue weighted by atomic mass is 10.0. The number of benzene rings is 1. The molecule has 1 aromatic heterocycles. The van der Waals surface area contributed by atoms with Gasteiger partial charge in [0.25, 0.3) is 0 Å². The Hall–Kier alpha value is -0.700. The summed E-state index contributed by atoms with van der Waals surface area (Å²) in [6.07, 6.45) is 4.94. The molecule has 0 atom stereocenters. The van der Waals surface area contributed by atoms with Crippen LogP contribution in [0.2, 0.25) is 15.1 Å². The van der Waals surface area contributed by atoms with Gasteiger partial charge in [0.05, 0.1) is 26.0 Å². The fraction of sp³-hybridized carbons (Fsp3) is 0.357. The summed E-state index contributed by atoms with van der Waals surface area (Å²) in [5.41, 5.74) is 2.40. The number of rotatable bonds is 0. The van der Waals surface area contributed by atoms with Gasteiger partial charge in [0.15, 0.2) is 5.43 Å². The van der Waals surface area contributed by atoms with E-state index in [-0.39, 0.29) is 10.5 Å². The summed E-state index contributed by atoms with van der Waals surface area (Å²) in [4.78, 5) is 15.9. The Bertz CT molecular complexity index is 721. The summed E-state index contributed by atoms with van der Waals surface area (Å²) >= 11 is 18.4. The topological polar surface area (TPSA) is 32.9 Å². The first-order valence-electron chi connectivity index (χ1n) is 6.31. The Labute approximate surface area is 125 Å². The van der Waals surface area contributed by atoms with E-state index < -0.39 is 0 Å². The second-order valence-corrected chi connectivity index (χ2v) is 6.07. The molecule has 0 saturated carbocycles. The fourth-order valence-corrected chi connectivity index (χ4v) is 3.45. The van der Waals surface area contributed by atoms with Crippen molar-refractivity contribution in [2.45, 2.75) is 32.1 Å². The van der Waals surface area contributed by atoms with Crippen LogP contribution in [0.4, 0.5) is 0 Å². The van der Waals surface area contributed by atoms with E-state index in [0.29, 0.717) is 20.9 Å². The molecule has 1 aliphatic carbocycles. The molecule has 0 bridgehead atoms. The molecular weight excluding hydrogens is 305 g/mol. The quantitative estimate of drug-likeness (QED) is 0.552. The van der Waals surface area contributed by atoms with E-state index in [1.54, 1.807) is 6.07 Å². The number of halogens is 3. The van der Waals surface area contributed by atoms with Crippen molar-refractivity contribution >= 4 is 45.7 Å². The third kappa shape index (κ3) is 2.16. The Balaban J connectivity index is 2.44. The standard InChI is InChI=1S/C14H12Cl3NO/c15-8-6-9(16)13-11(12(8)17)14(19)7-4-2-1-3-5-10(7)18-13/h6H,1-5H2,(H,18,19). The molecule has 1 aliphatic rings. The van der Waals surface area contributed by atoms with Gasteiger partial charge >= 0.3 is 0 Å². The number of pyridine rings is 1. The first-order chi connectivity index (χ1) is 9.09. The van der Waals surface area contributed by atoms with E-state index >= 15 is 0 Å². The lowest BCUT2D eigenvalue weighted by molar-refractivity contribution is 0.708. The maximum absolute atomic E-state index is 12.6. The van der Waals surface area contributed by atoms with Gasteiger partial charge in [-0.2, -0.15) is 0 Å². The highest BCUT2D eigenvalue weighted by Gasteiger charge is 2.19. The smallest absolute Gasteiger partial charge is 0.194 e. The number of H-pyrrole nitrogens is 1. The number of aromatic amines is 1. The van der Waals surface area contributed by atoms with Crippen LogP contribution in [0, 0.1) is 0 Å². The summed E-state index contributed by atoms with van der Waals surface area (Å²) in [6.45, 7) is 0. The van der Waals surface area contributed by atoms with Crippen LogP contribution in [0.15, 0.2) is 10.9 Å². The fourth-order valence-electron chi connectivity index (χ4n) is 2.70. The van der Waals surface area contributed by atoms with E-state index in [1.165, 1.54) is 0 Å². The molecule has 19 heavy (non-hydrogen) atoms. The molecule has 2 nitrogen and oxygen atoms in total. The molecule has 0 aliphatic heterocycles. The molecule has 1 N–H and O–H groups in total. The van der Waals surface area contributed by atoms with Crippen molar-refractivity contribution in [2.75, 3.05) is 0 Å². The van der Waals surface area contributed by atoms with Crippen LogP contribution in [0.25, 0.3) is 10.9 Å². The summed E-state index contributed by atoms with van der Waals surface area (Å²) in [5.74, 6) is 0. The molecule has 100 valence electrons. The van der Waals surface area contributed by atoms with Crippen LogP contribution >= 0.6 is 34.8 Å². The second kappa shape index (κ2) is 5.01. The maximum Gasteiger partial charge on any atom is 0.194 e. The number of fused-ring (bicyclic) bond motifs is 2. The molecular formula is C14H12Cl3NO. The normalized spacial score (nSPS) is 15.3. The first-order valence-corrected chi connectivity index (χ1v) is 7.44. The van der Waals surface area contributed by atoms with Crippen molar-refractivity contribution in [1.82, 2.24) is 4.98 Å². The van der Waals surface area contributed by atoms with Crippen LogP contribution in [0.5, 0.6) is 0 Å². The minimum atomic E-state index is -0.0277. The van der Waals surface area contributed by atoms with E-state index in [4.69, 9.17) is 34.8 Å². The largest absolute Gasteiger partial charge is 0.357 e. The van der Waals surface area contributed by atoms with Crippen molar-refractivity contribution in [3.05, 3.63) is 42.6 Å². The van der Waals surface area contributed by atoms with E-state index in [1.807, 2.05) is 0 Å². The van der Waals surface area contributed by atoms with Gasteiger partial charge in [0.1, 0.15) is 0 Å². The van der Waals surface area contributed by atoms with Crippen LogP contribution in [-0.4, -0.2) is 4.98 Å². The van der Waals surface area contributed by atoms with Gasteiger partial charge in [0.2, 0.25) is 0 Å². The number of nitrogens with one attached hydrogen (secondary N) is 1. The zero-order chi connectivity index (χ0) is 13.6. The highest BCUT2D eigenvalue weighted by molar-refractivity contribution is 6.47. The van der Waals surface area contributed by atoms with Crippen LogP contribution in [-0.2, 0) is 12.8 Å². The summed E-state index contributed by atoms with van der Waals surface area (Å²) in [6, 6.07) is 1.58. The lowest BCUT2D eigenvalue weighted by Gasteiger charge is -2.11. The van der Waals surface area contributed by atoms with Crippen LogP contribution in [0.3, 0.4) is 0 Å². The average molecular weight is 317 g/mol. The van der Waals surface area contributed by atoms with Crippen molar-refractivity contribution < 1.29 is 0 Å². The lowest BCUT2D eigenvalue weighted by Crippen LogP contribution is -2.14. The summed E-state index contributed by atoms with van der Waals surface area (Å²) in [5, 5.41) is 1.46. The van der Waals surface area contributed by atoms with Crippen LogP contribution < -0.4 is 5.43 Å². The monoisotopic (exact) mass is 315 g/mol. The third-order valence-corrected chi connectivity index (χ3v) is 4.75. The highest BCUT2D eigenvalue weighted by Crippen LogP contribution is 2.34. The van der Waals surface area contributed by atoms with Crippen LogP contribution in [0.1, 0.15) is 30.5 Å². The highest BCUT2D eigenvalue weighted by atomic mass is 35.5. The van der Waals surface area contributed by atoms with Gasteiger partial charge < -0.3 is 4.98 Å². The third-order valence-electron chi connectivity index (χ3n) is 3.67. The van der Waals surface area contributed by atoms with Gasteiger partial charge in [-0.15, -0.1) is 0 Å². The van der Waals surface area contributed by atoms with Crippen molar-refractivity contribution in [2.24, 2.45) is 0 Å². The zero-order valence-corrected chi connectivity index (χ0v) is 12.4. The first kappa shape index (κ1) is 13.3.